The van der Waals surface area contributed by atoms with Crippen LogP contribution >= 0.6 is 11.3 Å². The van der Waals surface area contributed by atoms with Crippen LogP contribution in [0.15, 0.2) is 11.4 Å². The molecule has 1 aliphatic heterocycles. The van der Waals surface area contributed by atoms with Crippen LogP contribution in [0.2, 0.25) is 0 Å². The fraction of sp³-hybridized carbons (Fsp3) is 0.611. The third kappa shape index (κ3) is 4.60. The first-order chi connectivity index (χ1) is 11.9. The molecule has 7 heteroatoms. The molecule has 0 aliphatic carbocycles. The lowest BCUT2D eigenvalue weighted by Gasteiger charge is -2.28. The van der Waals surface area contributed by atoms with Crippen molar-refractivity contribution in [2.75, 3.05) is 13.1 Å². The summed E-state index contributed by atoms with van der Waals surface area (Å²) in [4.78, 5) is 38.9. The molecule has 1 aromatic heterocycles. The van der Waals surface area contributed by atoms with Gasteiger partial charge in [-0.3, -0.25) is 14.4 Å². The van der Waals surface area contributed by atoms with Crippen molar-refractivity contribution in [3.8, 4) is 0 Å². The highest BCUT2D eigenvalue weighted by Crippen LogP contribution is 2.26. The van der Waals surface area contributed by atoms with Gasteiger partial charge in [-0.15, -0.1) is 11.3 Å². The first kappa shape index (κ1) is 19.4. The maximum atomic E-state index is 12.3. The second-order valence-electron chi connectivity index (χ2n) is 6.50. The molecule has 0 saturated carbocycles. The molecule has 2 amide bonds. The minimum Gasteiger partial charge on any atom is -0.481 e. The van der Waals surface area contributed by atoms with Gasteiger partial charge in [-0.25, -0.2) is 0 Å². The lowest BCUT2D eigenvalue weighted by Crippen LogP contribution is -2.42. The van der Waals surface area contributed by atoms with Gasteiger partial charge in [-0.2, -0.15) is 0 Å². The van der Waals surface area contributed by atoms with E-state index in [9.17, 15) is 19.5 Å². The molecule has 0 unspecified atom stereocenters. The van der Waals surface area contributed by atoms with Crippen LogP contribution < -0.4 is 5.32 Å². The average Bonchev–Trinajstić information content (AvgIpc) is 3.08. The van der Waals surface area contributed by atoms with Crippen molar-refractivity contribution in [2.45, 2.75) is 52.5 Å². The lowest BCUT2D eigenvalue weighted by atomic mass is 9.82. The molecule has 0 aromatic carbocycles. The fourth-order valence-corrected chi connectivity index (χ4v) is 3.96. The number of rotatable bonds is 8. The van der Waals surface area contributed by atoms with Crippen LogP contribution in [-0.4, -0.2) is 40.9 Å². The van der Waals surface area contributed by atoms with E-state index < -0.39 is 11.4 Å². The van der Waals surface area contributed by atoms with Gasteiger partial charge in [0.15, 0.2) is 0 Å². The number of carboxylic acids is 1. The average molecular weight is 366 g/mol. The number of hydrogen-bond donors (Lipinski definition) is 2. The van der Waals surface area contributed by atoms with Gasteiger partial charge in [-0.05, 0) is 36.3 Å². The molecular formula is C18H26N2O4S. The molecule has 2 heterocycles. The topological polar surface area (TPSA) is 86.7 Å². The molecule has 2 rings (SSSR count). The molecule has 0 bridgehead atoms. The minimum absolute atomic E-state index is 0.0255. The van der Waals surface area contributed by atoms with E-state index in [1.165, 1.54) is 10.4 Å². The van der Waals surface area contributed by atoms with E-state index >= 15 is 0 Å². The largest absolute Gasteiger partial charge is 0.481 e. The number of nitrogens with zero attached hydrogens (tertiary/aromatic N) is 1. The van der Waals surface area contributed by atoms with Crippen LogP contribution in [0.4, 0.5) is 0 Å². The maximum Gasteiger partial charge on any atom is 0.311 e. The number of hydrogen-bond acceptors (Lipinski definition) is 4. The molecule has 138 valence electrons. The van der Waals surface area contributed by atoms with Gasteiger partial charge in [0.2, 0.25) is 11.8 Å². The van der Waals surface area contributed by atoms with Crippen LogP contribution in [0.5, 0.6) is 0 Å². The zero-order valence-corrected chi connectivity index (χ0v) is 15.7. The van der Waals surface area contributed by atoms with Gasteiger partial charge in [0.25, 0.3) is 0 Å². The van der Waals surface area contributed by atoms with Crippen LogP contribution in [0, 0.1) is 5.41 Å². The number of carbonyl (C=O) groups is 3. The summed E-state index contributed by atoms with van der Waals surface area (Å²) in [6.07, 6.45) is 2.03. The summed E-state index contributed by atoms with van der Waals surface area (Å²) >= 11 is 1.72. The van der Waals surface area contributed by atoms with Crippen LogP contribution in [0.25, 0.3) is 0 Å². The Bertz CT molecular complexity index is 637. The van der Waals surface area contributed by atoms with Crippen LogP contribution in [0.1, 0.15) is 50.0 Å². The molecule has 6 nitrogen and oxygen atoms in total. The number of thiophene rings is 1. The predicted molar refractivity (Wildman–Crippen MR) is 96.3 cm³/mol. The highest BCUT2D eigenvalue weighted by molar-refractivity contribution is 7.10. The predicted octanol–water partition coefficient (Wildman–Crippen LogP) is 2.42. The summed E-state index contributed by atoms with van der Waals surface area (Å²) in [5.74, 6) is -1.19. The Hall–Kier alpha value is -1.89. The molecule has 0 fully saturated rings. The van der Waals surface area contributed by atoms with Crippen molar-refractivity contribution < 1.29 is 19.5 Å². The summed E-state index contributed by atoms with van der Waals surface area (Å²) in [5, 5.41) is 14.1. The summed E-state index contributed by atoms with van der Waals surface area (Å²) in [6.45, 7) is 5.03. The SMILES string of the molecule is CCC(CC)(CNC(=O)CCC(=O)N1CCc2sccc2C1)C(=O)O. The third-order valence-corrected chi connectivity index (χ3v) is 6.18. The molecule has 2 N–H and O–H groups in total. The van der Waals surface area contributed by atoms with Gasteiger partial charge >= 0.3 is 5.97 Å². The Labute approximate surface area is 152 Å². The minimum atomic E-state index is -0.929. The van der Waals surface area contributed by atoms with Gasteiger partial charge in [0.1, 0.15) is 0 Å². The second-order valence-corrected chi connectivity index (χ2v) is 7.50. The highest BCUT2D eigenvalue weighted by atomic mass is 32.1. The first-order valence-electron chi connectivity index (χ1n) is 8.75. The molecule has 0 atom stereocenters. The van der Waals surface area contributed by atoms with Gasteiger partial charge in [0.05, 0.1) is 5.41 Å². The number of fused-ring (bicyclic) bond motifs is 1. The Balaban J connectivity index is 1.78. The Morgan fingerprint density at radius 2 is 2.00 bits per heavy atom. The monoisotopic (exact) mass is 366 g/mol. The number of aliphatic carboxylic acids is 1. The normalized spacial score (nSPS) is 14.1. The first-order valence-corrected chi connectivity index (χ1v) is 9.63. The molecule has 0 radical (unpaired) electrons. The zero-order valence-electron chi connectivity index (χ0n) is 14.8. The standard InChI is InChI=1S/C18H26N2O4S/c1-3-18(4-2,17(23)24)12-19-15(21)5-6-16(22)20-9-7-14-13(11-20)8-10-25-14/h8,10H,3-7,9,11-12H2,1-2H3,(H,19,21)(H,23,24). The summed E-state index contributed by atoms with van der Waals surface area (Å²) in [6, 6.07) is 2.05. The number of carboxylic acid groups (broad SMARTS) is 1. The lowest BCUT2D eigenvalue weighted by molar-refractivity contribution is -0.149. The highest BCUT2D eigenvalue weighted by Gasteiger charge is 2.35. The quantitative estimate of drug-likeness (QED) is 0.740. The van der Waals surface area contributed by atoms with E-state index in [0.29, 0.717) is 25.9 Å². The second kappa shape index (κ2) is 8.47. The summed E-state index contributed by atoms with van der Waals surface area (Å²) in [5.41, 5.74) is 0.271. The number of carbonyl (C=O) groups excluding carboxylic acids is 2. The third-order valence-electron chi connectivity index (χ3n) is 5.16. The molecule has 1 aliphatic rings. The van der Waals surface area contributed by atoms with Crippen molar-refractivity contribution in [1.29, 1.82) is 0 Å². The molecule has 1 aromatic rings. The van der Waals surface area contributed by atoms with Crippen molar-refractivity contribution in [3.05, 3.63) is 21.9 Å². The summed E-state index contributed by atoms with van der Waals surface area (Å²) < 4.78 is 0. The Kier molecular flexibility index (Phi) is 6.58. The van der Waals surface area contributed by atoms with Gasteiger partial charge in [-0.1, -0.05) is 13.8 Å². The van der Waals surface area contributed by atoms with Crippen LogP contribution in [0.3, 0.4) is 0 Å². The van der Waals surface area contributed by atoms with Crippen LogP contribution in [-0.2, 0) is 27.3 Å². The van der Waals surface area contributed by atoms with E-state index in [4.69, 9.17) is 0 Å². The van der Waals surface area contributed by atoms with E-state index in [0.717, 1.165) is 6.42 Å². The van der Waals surface area contributed by atoms with Crippen molar-refractivity contribution in [1.82, 2.24) is 10.2 Å². The van der Waals surface area contributed by atoms with E-state index in [1.807, 2.05) is 25.3 Å². The van der Waals surface area contributed by atoms with Gasteiger partial charge < -0.3 is 15.3 Å². The Morgan fingerprint density at radius 1 is 1.28 bits per heavy atom. The van der Waals surface area contributed by atoms with E-state index in [-0.39, 0.29) is 31.2 Å². The molecule has 0 saturated heterocycles. The fourth-order valence-electron chi connectivity index (χ4n) is 3.07. The van der Waals surface area contributed by atoms with E-state index in [2.05, 4.69) is 5.32 Å². The number of nitrogens with one attached hydrogen (secondary N) is 1. The molecule has 25 heavy (non-hydrogen) atoms. The summed E-state index contributed by atoms with van der Waals surface area (Å²) in [7, 11) is 0. The zero-order chi connectivity index (χ0) is 18.4. The van der Waals surface area contributed by atoms with Crippen molar-refractivity contribution in [3.63, 3.8) is 0 Å². The van der Waals surface area contributed by atoms with Crippen molar-refractivity contribution in [2.24, 2.45) is 5.41 Å². The number of amides is 2. The smallest absolute Gasteiger partial charge is 0.311 e. The maximum absolute atomic E-state index is 12.3. The Morgan fingerprint density at radius 3 is 2.64 bits per heavy atom. The van der Waals surface area contributed by atoms with Gasteiger partial charge in [0, 0.05) is 37.4 Å². The molecule has 0 spiro atoms. The van der Waals surface area contributed by atoms with Crippen molar-refractivity contribution >= 4 is 29.1 Å². The molecular weight excluding hydrogens is 340 g/mol. The van der Waals surface area contributed by atoms with E-state index in [1.54, 1.807) is 16.2 Å².